The second-order valence-corrected chi connectivity index (χ2v) is 4.00. The highest BCUT2D eigenvalue weighted by Gasteiger charge is 2.09. The lowest BCUT2D eigenvalue weighted by Gasteiger charge is -1.95. The topological polar surface area (TPSA) is 64.9 Å². The average molecular weight is 246 g/mol. The molecule has 0 aliphatic rings. The number of nitrogens with two attached hydrogens (primary N) is 1. The van der Waals surface area contributed by atoms with Crippen molar-refractivity contribution in [2.24, 2.45) is 0 Å². The number of nitrogens with zero attached hydrogens (tertiary/aromatic N) is 2. The first kappa shape index (κ1) is 10.1. The first-order valence-electron chi connectivity index (χ1n) is 5.00. The summed E-state index contributed by atoms with van der Waals surface area (Å²) in [5.41, 5.74) is 7.68. The number of rotatable bonds is 1. The quantitative estimate of drug-likeness (QED) is 0.715. The van der Waals surface area contributed by atoms with E-state index in [0.717, 1.165) is 11.1 Å². The fraction of sp³-hybridized carbons (Fsp3) is 0. The van der Waals surface area contributed by atoms with E-state index in [1.165, 1.54) is 0 Å². The van der Waals surface area contributed by atoms with Crippen molar-refractivity contribution < 1.29 is 4.42 Å². The highest BCUT2D eigenvalue weighted by atomic mass is 35.5. The van der Waals surface area contributed by atoms with Crippen LogP contribution in [0.2, 0.25) is 5.02 Å². The van der Waals surface area contributed by atoms with E-state index in [1.807, 2.05) is 12.1 Å². The second kappa shape index (κ2) is 3.75. The van der Waals surface area contributed by atoms with E-state index in [0.29, 0.717) is 22.2 Å². The molecule has 0 aliphatic carbocycles. The van der Waals surface area contributed by atoms with Crippen molar-refractivity contribution in [2.45, 2.75) is 0 Å². The molecule has 2 N–H and O–H groups in total. The number of fused-ring (bicyclic) bond motifs is 1. The molecule has 3 aromatic heterocycles. The second-order valence-electron chi connectivity index (χ2n) is 3.59. The van der Waals surface area contributed by atoms with Crippen LogP contribution in [0.5, 0.6) is 0 Å². The monoisotopic (exact) mass is 245 g/mol. The maximum atomic E-state index is 6.01. The zero-order chi connectivity index (χ0) is 11.8. The first-order valence-corrected chi connectivity index (χ1v) is 5.38. The lowest BCUT2D eigenvalue weighted by atomic mass is 10.2. The summed E-state index contributed by atoms with van der Waals surface area (Å²) in [6.07, 6.45) is 3.30. The van der Waals surface area contributed by atoms with Crippen LogP contribution in [-0.4, -0.2) is 9.97 Å². The third-order valence-corrected chi connectivity index (χ3v) is 2.73. The van der Waals surface area contributed by atoms with E-state index in [9.17, 15) is 0 Å². The Kier molecular flexibility index (Phi) is 2.23. The van der Waals surface area contributed by atoms with Gasteiger partial charge < -0.3 is 10.2 Å². The van der Waals surface area contributed by atoms with Gasteiger partial charge in [-0.05, 0) is 18.2 Å². The number of nitrogen functional groups attached to an aromatic ring is 1. The summed E-state index contributed by atoms with van der Waals surface area (Å²) in [6.45, 7) is 0. The van der Waals surface area contributed by atoms with Gasteiger partial charge in [-0.1, -0.05) is 11.6 Å². The molecule has 5 heteroatoms. The summed E-state index contributed by atoms with van der Waals surface area (Å²) in [5.74, 6) is 1.15. The molecule has 84 valence electrons. The summed E-state index contributed by atoms with van der Waals surface area (Å²) >= 11 is 6.01. The highest BCUT2D eigenvalue weighted by molar-refractivity contribution is 6.34. The molecule has 0 atom stereocenters. The van der Waals surface area contributed by atoms with Crippen molar-refractivity contribution in [1.82, 2.24) is 9.97 Å². The molecule has 0 amide bonds. The Hall–Kier alpha value is -2.07. The van der Waals surface area contributed by atoms with Crippen LogP contribution in [0.1, 0.15) is 0 Å². The smallest absolute Gasteiger partial charge is 0.171 e. The molecule has 4 nitrogen and oxygen atoms in total. The van der Waals surface area contributed by atoms with Gasteiger partial charge in [0.2, 0.25) is 0 Å². The normalized spacial score (nSPS) is 10.9. The number of halogens is 1. The van der Waals surface area contributed by atoms with Crippen LogP contribution in [0, 0.1) is 0 Å². The summed E-state index contributed by atoms with van der Waals surface area (Å²) in [6, 6.07) is 7.08. The van der Waals surface area contributed by atoms with Crippen molar-refractivity contribution in [3.8, 4) is 11.3 Å². The fourth-order valence-electron chi connectivity index (χ4n) is 1.60. The molecule has 0 aliphatic heterocycles. The maximum Gasteiger partial charge on any atom is 0.171 e. The number of hydrogen-bond acceptors (Lipinski definition) is 4. The van der Waals surface area contributed by atoms with Crippen LogP contribution in [0.3, 0.4) is 0 Å². The zero-order valence-electron chi connectivity index (χ0n) is 8.72. The number of aromatic nitrogens is 2. The van der Waals surface area contributed by atoms with Crippen molar-refractivity contribution in [1.29, 1.82) is 0 Å². The highest BCUT2D eigenvalue weighted by Crippen LogP contribution is 2.30. The van der Waals surface area contributed by atoms with E-state index in [1.54, 1.807) is 24.5 Å². The third kappa shape index (κ3) is 1.72. The van der Waals surface area contributed by atoms with Crippen LogP contribution in [0.4, 0.5) is 5.82 Å². The first-order chi connectivity index (χ1) is 8.24. The third-order valence-electron chi connectivity index (χ3n) is 2.43. The SMILES string of the molecule is Nc1ccc(-c2cc3nccc(Cl)c3o2)cn1. The molecular formula is C12H8ClN3O. The van der Waals surface area contributed by atoms with Crippen molar-refractivity contribution in [3.63, 3.8) is 0 Å². The van der Waals surface area contributed by atoms with Gasteiger partial charge in [-0.25, -0.2) is 4.98 Å². The van der Waals surface area contributed by atoms with E-state index < -0.39 is 0 Å². The minimum Gasteiger partial charge on any atom is -0.453 e. The molecule has 3 rings (SSSR count). The van der Waals surface area contributed by atoms with Gasteiger partial charge in [0, 0.05) is 24.0 Å². The summed E-state index contributed by atoms with van der Waals surface area (Å²) < 4.78 is 5.65. The summed E-state index contributed by atoms with van der Waals surface area (Å²) in [7, 11) is 0. The van der Waals surface area contributed by atoms with Gasteiger partial charge in [-0.15, -0.1) is 0 Å². The number of pyridine rings is 2. The Morgan fingerprint density at radius 2 is 2.06 bits per heavy atom. The predicted octanol–water partition coefficient (Wildman–Crippen LogP) is 3.13. The van der Waals surface area contributed by atoms with Crippen molar-refractivity contribution in [3.05, 3.63) is 41.7 Å². The van der Waals surface area contributed by atoms with Crippen LogP contribution in [0.15, 0.2) is 41.1 Å². The lowest BCUT2D eigenvalue weighted by molar-refractivity contribution is 0.631. The van der Waals surface area contributed by atoms with Crippen LogP contribution in [-0.2, 0) is 0 Å². The Balaban J connectivity index is 2.18. The van der Waals surface area contributed by atoms with Gasteiger partial charge in [-0.2, -0.15) is 0 Å². The Bertz CT molecular complexity index is 676. The molecule has 3 heterocycles. The van der Waals surface area contributed by atoms with Gasteiger partial charge in [0.05, 0.1) is 5.02 Å². The Morgan fingerprint density at radius 1 is 1.18 bits per heavy atom. The molecule has 0 radical (unpaired) electrons. The van der Waals surface area contributed by atoms with Gasteiger partial charge in [-0.3, -0.25) is 4.98 Å². The zero-order valence-corrected chi connectivity index (χ0v) is 9.48. The van der Waals surface area contributed by atoms with Crippen molar-refractivity contribution >= 4 is 28.5 Å². The van der Waals surface area contributed by atoms with Crippen molar-refractivity contribution in [2.75, 3.05) is 5.73 Å². The standard InChI is InChI=1S/C12H8ClN3O/c13-8-3-4-15-9-5-10(17-12(8)9)7-1-2-11(14)16-6-7/h1-6H,(H2,14,16). The molecule has 3 aromatic rings. The van der Waals surface area contributed by atoms with E-state index in [4.69, 9.17) is 21.8 Å². The Labute approximate surface area is 102 Å². The van der Waals surface area contributed by atoms with E-state index >= 15 is 0 Å². The number of anilines is 1. The molecule has 17 heavy (non-hydrogen) atoms. The van der Waals surface area contributed by atoms with Crippen LogP contribution >= 0.6 is 11.6 Å². The summed E-state index contributed by atoms with van der Waals surface area (Å²) in [5, 5.41) is 0.546. The minimum atomic E-state index is 0.473. The molecule has 0 aromatic carbocycles. The minimum absolute atomic E-state index is 0.473. The van der Waals surface area contributed by atoms with Crippen LogP contribution in [0.25, 0.3) is 22.4 Å². The van der Waals surface area contributed by atoms with Gasteiger partial charge in [0.25, 0.3) is 0 Å². The molecule has 0 unspecified atom stereocenters. The predicted molar refractivity (Wildman–Crippen MR) is 66.7 cm³/mol. The average Bonchev–Trinajstić information content (AvgIpc) is 2.75. The summed E-state index contributed by atoms with van der Waals surface area (Å²) in [4.78, 5) is 8.19. The molecular weight excluding hydrogens is 238 g/mol. The van der Waals surface area contributed by atoms with Gasteiger partial charge >= 0.3 is 0 Å². The molecule has 0 bridgehead atoms. The molecule has 0 saturated heterocycles. The van der Waals surface area contributed by atoms with Crippen LogP contribution < -0.4 is 5.73 Å². The fourth-order valence-corrected chi connectivity index (χ4v) is 1.79. The van der Waals surface area contributed by atoms with Gasteiger partial charge in [0.1, 0.15) is 17.1 Å². The van der Waals surface area contributed by atoms with Gasteiger partial charge in [0.15, 0.2) is 5.58 Å². The van der Waals surface area contributed by atoms with E-state index in [2.05, 4.69) is 9.97 Å². The largest absolute Gasteiger partial charge is 0.453 e. The number of furan rings is 1. The van der Waals surface area contributed by atoms with E-state index in [-0.39, 0.29) is 0 Å². The maximum absolute atomic E-state index is 6.01. The molecule has 0 saturated carbocycles. The molecule has 0 fully saturated rings. The molecule has 0 spiro atoms. The Morgan fingerprint density at radius 3 is 2.76 bits per heavy atom. The lowest BCUT2D eigenvalue weighted by Crippen LogP contribution is -1.88. The number of hydrogen-bond donors (Lipinski definition) is 1.